The van der Waals surface area contributed by atoms with Crippen molar-refractivity contribution >= 4 is 11.6 Å². The van der Waals surface area contributed by atoms with Gasteiger partial charge in [0.05, 0.1) is 35.0 Å². The van der Waals surface area contributed by atoms with E-state index in [1.807, 2.05) is 35.0 Å². The van der Waals surface area contributed by atoms with Crippen LogP contribution in [-0.2, 0) is 11.0 Å². The van der Waals surface area contributed by atoms with Crippen molar-refractivity contribution in [2.24, 2.45) is 0 Å². The Labute approximate surface area is 196 Å². The molecule has 5 nitrogen and oxygen atoms in total. The van der Waals surface area contributed by atoms with Gasteiger partial charge in [-0.1, -0.05) is 56.3 Å². The number of Topliss-reactive ketones (excluding diaryl/α,β-unsaturated/α-hetero) is 1. The first-order valence-corrected chi connectivity index (χ1v) is 11.8. The SMILES string of the molecule is CCC(CC)(CC(=O)c1cnn2c1NC(c1ccccc1)CC2(C)C)c1ccc(C#N)cc1. The lowest BCUT2D eigenvalue weighted by Crippen LogP contribution is -2.38. The third kappa shape index (κ3) is 4.18. The van der Waals surface area contributed by atoms with Gasteiger partial charge in [-0.25, -0.2) is 4.68 Å². The Bertz CT molecular complexity index is 1160. The van der Waals surface area contributed by atoms with Crippen molar-refractivity contribution in [1.82, 2.24) is 9.78 Å². The van der Waals surface area contributed by atoms with Crippen LogP contribution in [0, 0.1) is 11.3 Å². The second-order valence-electron chi connectivity index (χ2n) is 9.72. The number of nitrogens with one attached hydrogen (secondary N) is 1. The zero-order chi connectivity index (χ0) is 23.6. The molecule has 33 heavy (non-hydrogen) atoms. The standard InChI is InChI=1S/C28H32N4O/c1-5-28(6-2,22-14-12-20(18-29)13-15-22)17-25(33)23-19-30-32-26(23)31-24(16-27(32,3)4)21-10-8-7-9-11-21/h7-15,19,24,31H,5-6,16-17H2,1-4H3. The minimum Gasteiger partial charge on any atom is -0.363 e. The number of nitriles is 1. The van der Waals surface area contributed by atoms with Gasteiger partial charge in [-0.05, 0) is 56.4 Å². The lowest BCUT2D eigenvalue weighted by molar-refractivity contribution is 0.0944. The van der Waals surface area contributed by atoms with E-state index in [-0.39, 0.29) is 22.8 Å². The number of carbonyl (C=O) groups excluding carboxylic acids is 1. The van der Waals surface area contributed by atoms with E-state index in [0.717, 1.165) is 30.6 Å². The third-order valence-electron chi connectivity index (χ3n) is 7.34. The van der Waals surface area contributed by atoms with Gasteiger partial charge in [0, 0.05) is 11.8 Å². The lowest BCUT2D eigenvalue weighted by atomic mass is 9.71. The van der Waals surface area contributed by atoms with Gasteiger partial charge in [-0.15, -0.1) is 0 Å². The van der Waals surface area contributed by atoms with Crippen molar-refractivity contribution in [1.29, 1.82) is 5.26 Å². The zero-order valence-electron chi connectivity index (χ0n) is 19.9. The molecule has 1 aliphatic rings. The summed E-state index contributed by atoms with van der Waals surface area (Å²) >= 11 is 0. The summed E-state index contributed by atoms with van der Waals surface area (Å²) in [6.07, 6.45) is 4.71. The molecule has 1 aromatic heterocycles. The summed E-state index contributed by atoms with van der Waals surface area (Å²) in [5.74, 6) is 0.910. The fourth-order valence-electron chi connectivity index (χ4n) is 5.15. The van der Waals surface area contributed by atoms with Gasteiger partial charge < -0.3 is 5.32 Å². The van der Waals surface area contributed by atoms with Crippen molar-refractivity contribution < 1.29 is 4.79 Å². The number of hydrogen-bond acceptors (Lipinski definition) is 4. The van der Waals surface area contributed by atoms with Crippen molar-refractivity contribution in [2.45, 2.75) is 70.4 Å². The molecule has 0 saturated carbocycles. The monoisotopic (exact) mass is 440 g/mol. The van der Waals surface area contributed by atoms with Crippen LogP contribution in [0.25, 0.3) is 0 Å². The molecule has 2 aromatic carbocycles. The maximum atomic E-state index is 13.7. The molecule has 0 amide bonds. The maximum absolute atomic E-state index is 13.7. The molecule has 4 rings (SSSR count). The number of hydrogen-bond donors (Lipinski definition) is 1. The number of aromatic nitrogens is 2. The molecule has 1 N–H and O–H groups in total. The molecule has 0 radical (unpaired) electrons. The van der Waals surface area contributed by atoms with Crippen LogP contribution in [0.5, 0.6) is 0 Å². The smallest absolute Gasteiger partial charge is 0.169 e. The van der Waals surface area contributed by atoms with Crippen molar-refractivity contribution in [3.63, 3.8) is 0 Å². The summed E-state index contributed by atoms with van der Waals surface area (Å²) in [7, 11) is 0. The van der Waals surface area contributed by atoms with E-state index in [2.05, 4.69) is 68.4 Å². The highest BCUT2D eigenvalue weighted by atomic mass is 16.1. The van der Waals surface area contributed by atoms with E-state index < -0.39 is 0 Å². The summed E-state index contributed by atoms with van der Waals surface area (Å²) in [4.78, 5) is 13.7. The van der Waals surface area contributed by atoms with Crippen molar-refractivity contribution in [3.8, 4) is 6.07 Å². The van der Waals surface area contributed by atoms with Gasteiger partial charge in [0.2, 0.25) is 0 Å². The first-order valence-electron chi connectivity index (χ1n) is 11.8. The molecule has 1 aliphatic heterocycles. The Morgan fingerprint density at radius 2 is 1.82 bits per heavy atom. The van der Waals surface area contributed by atoms with Crippen LogP contribution in [0.15, 0.2) is 60.8 Å². The second-order valence-corrected chi connectivity index (χ2v) is 9.72. The molecular weight excluding hydrogens is 408 g/mol. The molecule has 1 atom stereocenters. The van der Waals surface area contributed by atoms with E-state index in [9.17, 15) is 4.79 Å². The Morgan fingerprint density at radius 1 is 1.15 bits per heavy atom. The topological polar surface area (TPSA) is 70.7 Å². The highest BCUT2D eigenvalue weighted by Crippen LogP contribution is 2.42. The fraction of sp³-hybridized carbons (Fsp3) is 0.393. The number of nitrogens with zero attached hydrogens (tertiary/aromatic N) is 3. The lowest BCUT2D eigenvalue weighted by Gasteiger charge is -2.38. The molecule has 0 bridgehead atoms. The highest BCUT2D eigenvalue weighted by molar-refractivity contribution is 6.01. The van der Waals surface area contributed by atoms with Crippen molar-refractivity contribution in [2.75, 3.05) is 5.32 Å². The predicted octanol–water partition coefficient (Wildman–Crippen LogP) is 6.38. The van der Waals surface area contributed by atoms with Gasteiger partial charge in [0.1, 0.15) is 5.82 Å². The van der Waals surface area contributed by atoms with Gasteiger partial charge in [-0.3, -0.25) is 4.79 Å². The van der Waals surface area contributed by atoms with Crippen molar-refractivity contribution in [3.05, 3.63) is 83.0 Å². The summed E-state index contributed by atoms with van der Waals surface area (Å²) in [5.41, 5.74) is 3.13. The Kier molecular flexibility index (Phi) is 6.12. The number of benzene rings is 2. The minimum atomic E-state index is -0.275. The number of anilines is 1. The Balaban J connectivity index is 1.67. The highest BCUT2D eigenvalue weighted by Gasteiger charge is 2.38. The molecule has 5 heteroatoms. The normalized spacial score (nSPS) is 17.0. The predicted molar refractivity (Wildman–Crippen MR) is 131 cm³/mol. The van der Waals surface area contributed by atoms with Crippen LogP contribution < -0.4 is 5.32 Å². The van der Waals surface area contributed by atoms with Gasteiger partial charge >= 0.3 is 0 Å². The average molecular weight is 441 g/mol. The number of ketones is 1. The molecule has 0 aliphatic carbocycles. The molecule has 0 saturated heterocycles. The van der Waals surface area contributed by atoms with Gasteiger partial charge in [0.25, 0.3) is 0 Å². The van der Waals surface area contributed by atoms with Crippen LogP contribution in [0.1, 0.15) is 86.5 Å². The third-order valence-corrected chi connectivity index (χ3v) is 7.34. The van der Waals surface area contributed by atoms with E-state index in [0.29, 0.717) is 17.5 Å². The Hall–Kier alpha value is -3.39. The van der Waals surface area contributed by atoms with Crippen LogP contribution in [-0.4, -0.2) is 15.6 Å². The van der Waals surface area contributed by atoms with Crippen LogP contribution in [0.3, 0.4) is 0 Å². The molecule has 2 heterocycles. The molecule has 0 fully saturated rings. The minimum absolute atomic E-state index is 0.0984. The second kappa shape index (κ2) is 8.86. The van der Waals surface area contributed by atoms with E-state index in [4.69, 9.17) is 5.26 Å². The molecular formula is C28H32N4O. The first-order chi connectivity index (χ1) is 15.8. The van der Waals surface area contributed by atoms with Crippen LogP contribution >= 0.6 is 0 Å². The Morgan fingerprint density at radius 3 is 2.42 bits per heavy atom. The molecule has 1 unspecified atom stereocenters. The van der Waals surface area contributed by atoms with E-state index >= 15 is 0 Å². The average Bonchev–Trinajstić information content (AvgIpc) is 3.28. The van der Waals surface area contributed by atoms with Crippen LogP contribution in [0.2, 0.25) is 0 Å². The number of fused-ring (bicyclic) bond motifs is 1. The first kappa shape index (κ1) is 22.8. The summed E-state index contributed by atoms with van der Waals surface area (Å²) in [6, 6.07) is 20.4. The molecule has 0 spiro atoms. The van der Waals surface area contributed by atoms with Gasteiger partial charge in [0.15, 0.2) is 5.78 Å². The molecule has 3 aromatic rings. The maximum Gasteiger partial charge on any atom is 0.169 e. The van der Waals surface area contributed by atoms with Gasteiger partial charge in [-0.2, -0.15) is 10.4 Å². The molecule has 170 valence electrons. The largest absolute Gasteiger partial charge is 0.363 e. The quantitative estimate of drug-likeness (QED) is 0.433. The fourth-order valence-corrected chi connectivity index (χ4v) is 5.15. The number of carbonyl (C=O) groups is 1. The number of rotatable bonds is 7. The van der Waals surface area contributed by atoms with E-state index in [1.165, 1.54) is 5.56 Å². The summed E-state index contributed by atoms with van der Waals surface area (Å²) in [6.45, 7) is 8.62. The summed E-state index contributed by atoms with van der Waals surface area (Å²) < 4.78 is 1.97. The van der Waals surface area contributed by atoms with Crippen LogP contribution in [0.4, 0.5) is 5.82 Å². The summed E-state index contributed by atoms with van der Waals surface area (Å²) in [5, 5.41) is 17.4. The zero-order valence-corrected chi connectivity index (χ0v) is 19.9. The van der Waals surface area contributed by atoms with E-state index in [1.54, 1.807) is 6.20 Å².